The molecule has 2 aliphatic heterocycles. The van der Waals surface area contributed by atoms with Crippen LogP contribution in [-0.4, -0.2) is 60.4 Å². The second kappa shape index (κ2) is 8.74. The molecule has 1 aromatic heterocycles. The van der Waals surface area contributed by atoms with Crippen LogP contribution in [0.15, 0.2) is 17.5 Å². The van der Waals surface area contributed by atoms with Gasteiger partial charge in [-0.05, 0) is 62.9 Å². The van der Waals surface area contributed by atoms with Crippen LogP contribution in [0.5, 0.6) is 0 Å². The van der Waals surface area contributed by atoms with Gasteiger partial charge in [0.2, 0.25) is 11.8 Å². The van der Waals surface area contributed by atoms with Crippen molar-refractivity contribution in [2.24, 2.45) is 11.8 Å². The number of rotatable bonds is 6. The van der Waals surface area contributed by atoms with Crippen molar-refractivity contribution < 1.29 is 9.59 Å². The average molecular weight is 390 g/mol. The minimum absolute atomic E-state index is 0.119. The summed E-state index contributed by atoms with van der Waals surface area (Å²) in [6.07, 6.45) is 7.33. The number of hydrogen-bond acceptors (Lipinski definition) is 4. The zero-order chi connectivity index (χ0) is 18.6. The van der Waals surface area contributed by atoms with Gasteiger partial charge < -0.3 is 10.2 Å². The van der Waals surface area contributed by atoms with E-state index in [1.165, 1.54) is 4.88 Å². The molecule has 3 aliphatic rings. The largest absolute Gasteiger partial charge is 0.355 e. The van der Waals surface area contributed by atoms with Crippen molar-refractivity contribution in [1.82, 2.24) is 15.1 Å². The molecule has 0 bridgehead atoms. The van der Waals surface area contributed by atoms with Crippen molar-refractivity contribution >= 4 is 23.2 Å². The topological polar surface area (TPSA) is 52.7 Å². The number of carbonyl (C=O) groups excluding carboxylic acids is 2. The summed E-state index contributed by atoms with van der Waals surface area (Å²) < 4.78 is 0. The van der Waals surface area contributed by atoms with E-state index in [1.807, 2.05) is 0 Å². The third-order valence-corrected chi connectivity index (χ3v) is 7.23. The number of likely N-dealkylation sites (tertiary alicyclic amines) is 2. The fraction of sp³-hybridized carbons (Fsp3) is 0.714. The van der Waals surface area contributed by atoms with Gasteiger partial charge in [-0.25, -0.2) is 0 Å². The molecule has 2 saturated heterocycles. The summed E-state index contributed by atoms with van der Waals surface area (Å²) in [5.41, 5.74) is 0. The fourth-order valence-electron chi connectivity index (χ4n) is 4.50. The summed E-state index contributed by atoms with van der Waals surface area (Å²) in [5.74, 6) is 1.06. The first-order valence-electron chi connectivity index (χ1n) is 10.5. The zero-order valence-electron chi connectivity index (χ0n) is 16.1. The van der Waals surface area contributed by atoms with Gasteiger partial charge in [0.25, 0.3) is 0 Å². The van der Waals surface area contributed by atoms with E-state index in [-0.39, 0.29) is 11.8 Å². The van der Waals surface area contributed by atoms with Crippen LogP contribution in [-0.2, 0) is 16.0 Å². The lowest BCUT2D eigenvalue weighted by atomic mass is 9.93. The molecule has 0 radical (unpaired) electrons. The average Bonchev–Trinajstić information content (AvgIpc) is 3.44. The van der Waals surface area contributed by atoms with Crippen LogP contribution in [0.1, 0.15) is 43.4 Å². The second-order valence-electron chi connectivity index (χ2n) is 8.29. The number of nitrogens with one attached hydrogen (secondary N) is 1. The van der Waals surface area contributed by atoms with Crippen LogP contribution in [0.3, 0.4) is 0 Å². The first-order chi connectivity index (χ1) is 13.2. The molecule has 1 saturated carbocycles. The number of piperidine rings is 2. The number of hydrogen-bond donors (Lipinski definition) is 1. The molecule has 148 valence electrons. The lowest BCUT2D eigenvalue weighted by Gasteiger charge is -2.42. The summed E-state index contributed by atoms with van der Waals surface area (Å²) in [6, 6.07) is 4.72. The maximum atomic E-state index is 12.6. The first-order valence-corrected chi connectivity index (χ1v) is 11.4. The Balaban J connectivity index is 1.20. The molecule has 27 heavy (non-hydrogen) atoms. The number of amides is 2. The van der Waals surface area contributed by atoms with E-state index >= 15 is 0 Å². The Morgan fingerprint density at radius 2 is 1.89 bits per heavy atom. The summed E-state index contributed by atoms with van der Waals surface area (Å²) in [5, 5.41) is 5.23. The van der Waals surface area contributed by atoms with Crippen LogP contribution in [0.2, 0.25) is 0 Å². The zero-order valence-corrected chi connectivity index (χ0v) is 16.9. The monoisotopic (exact) mass is 389 g/mol. The Kier molecular flexibility index (Phi) is 6.13. The minimum atomic E-state index is 0.119. The molecule has 0 aromatic carbocycles. The highest BCUT2D eigenvalue weighted by molar-refractivity contribution is 7.09. The van der Waals surface area contributed by atoms with E-state index < -0.39 is 0 Å². The van der Waals surface area contributed by atoms with E-state index in [4.69, 9.17) is 0 Å². The molecule has 1 aromatic rings. The van der Waals surface area contributed by atoms with Gasteiger partial charge in [-0.2, -0.15) is 0 Å². The summed E-state index contributed by atoms with van der Waals surface area (Å²) >= 11 is 1.75. The molecule has 0 spiro atoms. The lowest BCUT2D eigenvalue weighted by Crippen LogP contribution is -2.51. The van der Waals surface area contributed by atoms with E-state index in [2.05, 4.69) is 32.6 Å². The minimum Gasteiger partial charge on any atom is -0.355 e. The lowest BCUT2D eigenvalue weighted by molar-refractivity contribution is -0.134. The van der Waals surface area contributed by atoms with Crippen LogP contribution < -0.4 is 5.32 Å². The van der Waals surface area contributed by atoms with Crippen molar-refractivity contribution in [3.05, 3.63) is 22.4 Å². The van der Waals surface area contributed by atoms with E-state index in [0.717, 1.165) is 77.7 Å². The molecular formula is C21H31N3O2S. The molecule has 4 rings (SSSR count). The van der Waals surface area contributed by atoms with Crippen molar-refractivity contribution in [3.8, 4) is 0 Å². The maximum absolute atomic E-state index is 12.6. The van der Waals surface area contributed by atoms with Gasteiger partial charge in [0.1, 0.15) is 0 Å². The third-order valence-electron chi connectivity index (χ3n) is 6.29. The summed E-state index contributed by atoms with van der Waals surface area (Å²) in [6.45, 7) is 4.51. The van der Waals surface area contributed by atoms with Gasteiger partial charge in [0.15, 0.2) is 0 Å². The van der Waals surface area contributed by atoms with E-state index in [0.29, 0.717) is 17.9 Å². The van der Waals surface area contributed by atoms with Crippen LogP contribution in [0, 0.1) is 11.8 Å². The maximum Gasteiger partial charge on any atom is 0.225 e. The SMILES string of the molecule is O=C(NCCc1cccs1)C1CCCN(C2CCN(C(=O)C3CC3)CC2)C1. The van der Waals surface area contributed by atoms with Crippen LogP contribution in [0.25, 0.3) is 0 Å². The highest BCUT2D eigenvalue weighted by Gasteiger charge is 2.37. The van der Waals surface area contributed by atoms with Gasteiger partial charge in [0.05, 0.1) is 5.92 Å². The number of carbonyl (C=O) groups is 2. The number of nitrogens with zero attached hydrogens (tertiary/aromatic N) is 2. The highest BCUT2D eigenvalue weighted by Crippen LogP contribution is 2.32. The Bertz CT molecular complexity index is 636. The van der Waals surface area contributed by atoms with Crippen molar-refractivity contribution in [2.45, 2.75) is 51.0 Å². The van der Waals surface area contributed by atoms with Gasteiger partial charge >= 0.3 is 0 Å². The molecule has 6 heteroatoms. The molecule has 1 aliphatic carbocycles. The standard InChI is InChI=1S/C21H31N3O2S/c25-20(22-10-7-19-4-2-14-27-19)17-3-1-11-24(15-17)18-8-12-23(13-9-18)21(26)16-5-6-16/h2,4,14,16-18H,1,3,5-13,15H2,(H,22,25). The van der Waals surface area contributed by atoms with Crippen LogP contribution >= 0.6 is 11.3 Å². The predicted molar refractivity (Wildman–Crippen MR) is 108 cm³/mol. The van der Waals surface area contributed by atoms with Crippen molar-refractivity contribution in [3.63, 3.8) is 0 Å². The third kappa shape index (κ3) is 4.91. The number of thiophene rings is 1. The van der Waals surface area contributed by atoms with E-state index in [9.17, 15) is 9.59 Å². The van der Waals surface area contributed by atoms with E-state index in [1.54, 1.807) is 11.3 Å². The molecule has 5 nitrogen and oxygen atoms in total. The molecule has 3 fully saturated rings. The van der Waals surface area contributed by atoms with Gasteiger partial charge in [-0.15, -0.1) is 11.3 Å². The molecule has 1 atom stereocenters. The second-order valence-corrected chi connectivity index (χ2v) is 9.32. The molecule has 1 N–H and O–H groups in total. The highest BCUT2D eigenvalue weighted by atomic mass is 32.1. The van der Waals surface area contributed by atoms with Gasteiger partial charge in [-0.3, -0.25) is 14.5 Å². The Morgan fingerprint density at radius 3 is 2.59 bits per heavy atom. The van der Waals surface area contributed by atoms with Gasteiger partial charge in [-0.1, -0.05) is 6.07 Å². The fourth-order valence-corrected chi connectivity index (χ4v) is 5.21. The summed E-state index contributed by atoms with van der Waals surface area (Å²) in [7, 11) is 0. The normalized spacial score (nSPS) is 24.7. The van der Waals surface area contributed by atoms with Crippen molar-refractivity contribution in [1.29, 1.82) is 0 Å². The van der Waals surface area contributed by atoms with Crippen LogP contribution in [0.4, 0.5) is 0 Å². The quantitative estimate of drug-likeness (QED) is 0.813. The molecule has 3 heterocycles. The predicted octanol–water partition coefficient (Wildman–Crippen LogP) is 2.52. The van der Waals surface area contributed by atoms with Gasteiger partial charge in [0, 0.05) is 43.0 Å². The first kappa shape index (κ1) is 18.9. The Labute approximate surface area is 166 Å². The molecule has 1 unspecified atom stereocenters. The Morgan fingerprint density at radius 1 is 1.07 bits per heavy atom. The Hall–Kier alpha value is -1.40. The molecule has 2 amide bonds. The summed E-state index contributed by atoms with van der Waals surface area (Å²) in [4.78, 5) is 30.7. The molecular weight excluding hydrogens is 358 g/mol. The smallest absolute Gasteiger partial charge is 0.225 e. The van der Waals surface area contributed by atoms with Crippen molar-refractivity contribution in [2.75, 3.05) is 32.7 Å².